The van der Waals surface area contributed by atoms with E-state index in [2.05, 4.69) is 10.2 Å². The number of nitriles is 1. The van der Waals surface area contributed by atoms with E-state index >= 15 is 0 Å². The second kappa shape index (κ2) is 5.42. The van der Waals surface area contributed by atoms with Crippen molar-refractivity contribution in [3.63, 3.8) is 0 Å². The summed E-state index contributed by atoms with van der Waals surface area (Å²) in [4.78, 5) is 0. The molecule has 1 fully saturated rings. The second-order valence-corrected chi connectivity index (χ2v) is 3.73. The van der Waals surface area contributed by atoms with Crippen LogP contribution in [0.4, 0.5) is 0 Å². The lowest BCUT2D eigenvalue weighted by Crippen LogP contribution is -2.22. The standard InChI is InChI=1S/C11H13N3O2/c12-7-10-1-4-13-14-11(10)16-8-9-2-5-15-6-3-9/h1,4,9H,2-3,5-6,8H2. The largest absolute Gasteiger partial charge is 0.475 e. The first-order valence-corrected chi connectivity index (χ1v) is 5.32. The zero-order valence-corrected chi connectivity index (χ0v) is 8.93. The fraction of sp³-hybridized carbons (Fsp3) is 0.545. The predicted molar refractivity (Wildman–Crippen MR) is 55.8 cm³/mol. The third kappa shape index (κ3) is 2.67. The van der Waals surface area contributed by atoms with Crippen LogP contribution in [-0.4, -0.2) is 30.0 Å². The average Bonchev–Trinajstić information content (AvgIpc) is 2.38. The number of aromatic nitrogens is 2. The quantitative estimate of drug-likeness (QED) is 0.762. The maximum atomic E-state index is 8.84. The molecule has 0 unspecified atom stereocenters. The molecule has 5 nitrogen and oxygen atoms in total. The molecule has 1 aliphatic rings. The third-order valence-electron chi connectivity index (χ3n) is 2.60. The van der Waals surface area contributed by atoms with Gasteiger partial charge in [-0.15, -0.1) is 5.10 Å². The summed E-state index contributed by atoms with van der Waals surface area (Å²) in [5, 5.41) is 16.4. The lowest BCUT2D eigenvalue weighted by molar-refractivity contribution is 0.0488. The van der Waals surface area contributed by atoms with Gasteiger partial charge >= 0.3 is 0 Å². The SMILES string of the molecule is N#Cc1ccnnc1OCC1CCOCC1. The topological polar surface area (TPSA) is 68.0 Å². The van der Waals surface area contributed by atoms with Crippen LogP contribution in [0.25, 0.3) is 0 Å². The predicted octanol–water partition coefficient (Wildman–Crippen LogP) is 1.15. The van der Waals surface area contributed by atoms with Crippen molar-refractivity contribution in [2.24, 2.45) is 5.92 Å². The van der Waals surface area contributed by atoms with Crippen molar-refractivity contribution in [2.75, 3.05) is 19.8 Å². The molecule has 5 heteroatoms. The molecule has 2 heterocycles. The van der Waals surface area contributed by atoms with Crippen molar-refractivity contribution < 1.29 is 9.47 Å². The van der Waals surface area contributed by atoms with Crippen LogP contribution in [0, 0.1) is 17.2 Å². The van der Waals surface area contributed by atoms with Crippen molar-refractivity contribution in [2.45, 2.75) is 12.8 Å². The molecule has 0 amide bonds. The van der Waals surface area contributed by atoms with E-state index in [1.807, 2.05) is 6.07 Å². The van der Waals surface area contributed by atoms with E-state index < -0.39 is 0 Å². The van der Waals surface area contributed by atoms with Crippen LogP contribution in [0.1, 0.15) is 18.4 Å². The summed E-state index contributed by atoms with van der Waals surface area (Å²) in [6.07, 6.45) is 3.49. The Bertz CT molecular complexity index is 383. The fourth-order valence-electron chi connectivity index (χ4n) is 1.62. The maximum Gasteiger partial charge on any atom is 0.251 e. The van der Waals surface area contributed by atoms with Crippen LogP contribution in [0.15, 0.2) is 12.3 Å². The normalized spacial score (nSPS) is 16.7. The van der Waals surface area contributed by atoms with Crippen molar-refractivity contribution in [3.8, 4) is 11.9 Å². The van der Waals surface area contributed by atoms with E-state index in [4.69, 9.17) is 14.7 Å². The summed E-state index contributed by atoms with van der Waals surface area (Å²) in [6.45, 7) is 2.16. The molecule has 0 bridgehead atoms. The van der Waals surface area contributed by atoms with Crippen LogP contribution in [0.2, 0.25) is 0 Å². The molecule has 84 valence electrons. The minimum atomic E-state index is 0.330. The Hall–Kier alpha value is -1.67. The van der Waals surface area contributed by atoms with Gasteiger partial charge in [0.2, 0.25) is 0 Å². The van der Waals surface area contributed by atoms with Gasteiger partial charge in [0, 0.05) is 13.2 Å². The van der Waals surface area contributed by atoms with E-state index in [9.17, 15) is 0 Å². The molecular weight excluding hydrogens is 206 g/mol. The Morgan fingerprint density at radius 1 is 1.50 bits per heavy atom. The van der Waals surface area contributed by atoms with Crippen LogP contribution in [0.5, 0.6) is 5.88 Å². The Morgan fingerprint density at radius 2 is 2.31 bits per heavy atom. The molecule has 0 N–H and O–H groups in total. The van der Waals surface area contributed by atoms with Crippen molar-refractivity contribution in [1.29, 1.82) is 5.26 Å². The highest BCUT2D eigenvalue weighted by molar-refractivity contribution is 5.35. The highest BCUT2D eigenvalue weighted by Gasteiger charge is 2.15. The molecule has 1 aromatic rings. The lowest BCUT2D eigenvalue weighted by Gasteiger charge is -2.21. The molecule has 0 saturated carbocycles. The average molecular weight is 219 g/mol. The zero-order valence-electron chi connectivity index (χ0n) is 8.93. The smallest absolute Gasteiger partial charge is 0.251 e. The number of ether oxygens (including phenoxy) is 2. The zero-order chi connectivity index (χ0) is 11.2. The Balaban J connectivity index is 1.91. The van der Waals surface area contributed by atoms with Crippen LogP contribution >= 0.6 is 0 Å². The third-order valence-corrected chi connectivity index (χ3v) is 2.60. The maximum absolute atomic E-state index is 8.84. The van der Waals surface area contributed by atoms with Crippen LogP contribution in [-0.2, 0) is 4.74 Å². The highest BCUT2D eigenvalue weighted by atomic mass is 16.5. The molecule has 16 heavy (non-hydrogen) atoms. The van der Waals surface area contributed by atoms with Gasteiger partial charge in [-0.3, -0.25) is 0 Å². The molecule has 2 rings (SSSR count). The van der Waals surface area contributed by atoms with Crippen LogP contribution in [0.3, 0.4) is 0 Å². The molecule has 0 radical (unpaired) electrons. The second-order valence-electron chi connectivity index (χ2n) is 3.73. The van der Waals surface area contributed by atoms with Gasteiger partial charge in [-0.05, 0) is 24.8 Å². The first-order chi connectivity index (χ1) is 7.90. The molecule has 0 spiro atoms. The van der Waals surface area contributed by atoms with Gasteiger partial charge in [0.15, 0.2) is 0 Å². The van der Waals surface area contributed by atoms with Gasteiger partial charge in [-0.2, -0.15) is 10.4 Å². The summed E-state index contributed by atoms with van der Waals surface area (Å²) >= 11 is 0. The highest BCUT2D eigenvalue weighted by Crippen LogP contribution is 2.18. The van der Waals surface area contributed by atoms with Gasteiger partial charge in [0.05, 0.1) is 12.8 Å². The number of hydrogen-bond acceptors (Lipinski definition) is 5. The van der Waals surface area contributed by atoms with Crippen molar-refractivity contribution in [1.82, 2.24) is 10.2 Å². The van der Waals surface area contributed by atoms with Crippen molar-refractivity contribution in [3.05, 3.63) is 17.8 Å². The number of nitrogens with zero attached hydrogens (tertiary/aromatic N) is 3. The van der Waals surface area contributed by atoms with E-state index in [1.165, 1.54) is 6.20 Å². The van der Waals surface area contributed by atoms with E-state index in [-0.39, 0.29) is 0 Å². The van der Waals surface area contributed by atoms with Gasteiger partial charge in [0.1, 0.15) is 11.6 Å². The Labute approximate surface area is 94.0 Å². The van der Waals surface area contributed by atoms with E-state index in [0.29, 0.717) is 24.0 Å². The van der Waals surface area contributed by atoms with Gasteiger partial charge in [0.25, 0.3) is 5.88 Å². The minimum absolute atomic E-state index is 0.330. The van der Waals surface area contributed by atoms with Gasteiger partial charge in [-0.1, -0.05) is 0 Å². The van der Waals surface area contributed by atoms with Crippen molar-refractivity contribution >= 4 is 0 Å². The summed E-state index contributed by atoms with van der Waals surface area (Å²) in [5.41, 5.74) is 0.432. The first-order valence-electron chi connectivity index (χ1n) is 5.32. The summed E-state index contributed by atoms with van der Waals surface area (Å²) in [5.74, 6) is 0.818. The molecule has 1 saturated heterocycles. The Morgan fingerprint density at radius 3 is 3.06 bits per heavy atom. The molecule has 0 aliphatic carbocycles. The fourth-order valence-corrected chi connectivity index (χ4v) is 1.62. The van der Waals surface area contributed by atoms with Crippen LogP contribution < -0.4 is 4.74 Å². The molecular formula is C11H13N3O2. The van der Waals surface area contributed by atoms with E-state index in [0.717, 1.165) is 26.1 Å². The summed E-state index contributed by atoms with van der Waals surface area (Å²) in [7, 11) is 0. The minimum Gasteiger partial charge on any atom is -0.475 e. The Kier molecular flexibility index (Phi) is 3.67. The molecule has 0 atom stereocenters. The number of rotatable bonds is 3. The first kappa shape index (κ1) is 10.8. The molecule has 0 aromatic carbocycles. The van der Waals surface area contributed by atoms with Gasteiger partial charge < -0.3 is 9.47 Å². The molecule has 1 aliphatic heterocycles. The monoisotopic (exact) mass is 219 g/mol. The molecule has 1 aromatic heterocycles. The summed E-state index contributed by atoms with van der Waals surface area (Å²) in [6, 6.07) is 3.63. The van der Waals surface area contributed by atoms with E-state index in [1.54, 1.807) is 6.07 Å². The summed E-state index contributed by atoms with van der Waals surface area (Å²) < 4.78 is 10.8. The number of hydrogen-bond donors (Lipinski definition) is 0. The van der Waals surface area contributed by atoms with Gasteiger partial charge in [-0.25, -0.2) is 0 Å². The lowest BCUT2D eigenvalue weighted by atomic mass is 10.0.